The molecule has 1 saturated heterocycles. The van der Waals surface area contributed by atoms with E-state index in [1.54, 1.807) is 4.57 Å². The summed E-state index contributed by atoms with van der Waals surface area (Å²) in [5.41, 5.74) is 0.770. The molecule has 7 heteroatoms. The maximum absolute atomic E-state index is 12.8. The average molecular weight is 438 g/mol. The van der Waals surface area contributed by atoms with Gasteiger partial charge in [-0.3, -0.25) is 0 Å². The Balaban J connectivity index is 1.77. The first-order valence-electron chi connectivity index (χ1n) is 11.6. The van der Waals surface area contributed by atoms with Crippen LogP contribution in [0, 0.1) is 12.8 Å². The van der Waals surface area contributed by atoms with Crippen molar-refractivity contribution in [2.45, 2.75) is 110 Å². The van der Waals surface area contributed by atoms with E-state index < -0.39 is 8.32 Å². The van der Waals surface area contributed by atoms with Crippen LogP contribution in [-0.4, -0.2) is 31.7 Å². The van der Waals surface area contributed by atoms with E-state index in [0.29, 0.717) is 25.1 Å². The minimum Gasteiger partial charge on any atom is -0.424 e. The van der Waals surface area contributed by atoms with Gasteiger partial charge < -0.3 is 13.9 Å². The highest BCUT2D eigenvalue weighted by Gasteiger charge is 2.50. The van der Waals surface area contributed by atoms with Crippen molar-refractivity contribution >= 4 is 8.32 Å². The van der Waals surface area contributed by atoms with E-state index in [2.05, 4.69) is 47.7 Å². The number of ether oxygens (including phenoxy) is 2. The molecule has 3 heterocycles. The smallest absolute Gasteiger partial charge is 0.424 e. The van der Waals surface area contributed by atoms with Crippen molar-refractivity contribution in [3.63, 3.8) is 0 Å². The summed E-state index contributed by atoms with van der Waals surface area (Å²) < 4.78 is 23.1. The molecule has 0 unspecified atom stereocenters. The molecular formula is C23H41N2O4Si+. The van der Waals surface area contributed by atoms with Gasteiger partial charge in [0.1, 0.15) is 18.4 Å². The normalized spacial score (nSPS) is 23.6. The van der Waals surface area contributed by atoms with Gasteiger partial charge in [-0.15, -0.1) is 0 Å². The maximum atomic E-state index is 12.8. The lowest BCUT2D eigenvalue weighted by atomic mass is 9.99. The Morgan fingerprint density at radius 1 is 1.33 bits per heavy atom. The van der Waals surface area contributed by atoms with Crippen LogP contribution in [0.2, 0.25) is 18.1 Å². The Morgan fingerprint density at radius 2 is 2.03 bits per heavy atom. The van der Waals surface area contributed by atoms with Crippen molar-refractivity contribution in [2.75, 3.05) is 6.61 Å². The van der Waals surface area contributed by atoms with E-state index in [1.165, 1.54) is 0 Å². The van der Waals surface area contributed by atoms with Gasteiger partial charge in [-0.25, -0.2) is 4.79 Å². The first-order chi connectivity index (χ1) is 14.0. The zero-order chi connectivity index (χ0) is 22.3. The van der Waals surface area contributed by atoms with Crippen LogP contribution in [0.4, 0.5) is 0 Å². The van der Waals surface area contributed by atoms with E-state index in [4.69, 9.17) is 13.9 Å². The van der Waals surface area contributed by atoms with E-state index in [1.807, 2.05) is 17.7 Å². The lowest BCUT2D eigenvalue weighted by Crippen LogP contribution is -2.50. The standard InChI is InChI=1S/C23H41N2O4Si/c1-9-10-11-12-24-21(26)17(4)14-25-20-13-18(29-22(24)25)19(28-20)15-27-30(7,8)23(5,6)16(2)3/h14,16,18-20H,9-13,15H2,1-8H3/q+1/t18-,19-,20-/m1/s1. The number of aryl methyl sites for hydroxylation is 1. The summed E-state index contributed by atoms with van der Waals surface area (Å²) in [6.45, 7) is 19.0. The van der Waals surface area contributed by atoms with Crippen LogP contribution in [-0.2, 0) is 15.7 Å². The highest BCUT2D eigenvalue weighted by molar-refractivity contribution is 6.74. The van der Waals surface area contributed by atoms with Gasteiger partial charge >= 0.3 is 11.6 Å². The third kappa shape index (κ3) is 4.25. The van der Waals surface area contributed by atoms with Crippen molar-refractivity contribution in [2.24, 2.45) is 5.92 Å². The highest BCUT2D eigenvalue weighted by atomic mass is 28.4. The number of hydrogen-bond acceptors (Lipinski definition) is 4. The molecule has 1 aromatic rings. The number of unbranched alkanes of at least 4 members (excludes halogenated alkanes) is 2. The van der Waals surface area contributed by atoms with Crippen molar-refractivity contribution < 1.29 is 18.5 Å². The fraction of sp³-hybridized carbons (Fsp3) is 0.826. The van der Waals surface area contributed by atoms with Gasteiger partial charge in [0.15, 0.2) is 8.32 Å². The van der Waals surface area contributed by atoms with Gasteiger partial charge in [-0.05, 0) is 43.8 Å². The molecule has 0 spiro atoms. The molecular weight excluding hydrogens is 396 g/mol. The number of hydrogen-bond donors (Lipinski definition) is 0. The van der Waals surface area contributed by atoms with E-state index >= 15 is 0 Å². The molecule has 0 radical (unpaired) electrons. The molecule has 2 aliphatic rings. The third-order valence-electron chi connectivity index (χ3n) is 7.70. The first-order valence-corrected chi connectivity index (χ1v) is 14.5. The molecule has 0 N–H and O–H groups in total. The van der Waals surface area contributed by atoms with Crippen LogP contribution in [0.5, 0.6) is 6.01 Å². The van der Waals surface area contributed by atoms with Gasteiger partial charge in [-0.2, -0.15) is 9.13 Å². The van der Waals surface area contributed by atoms with Crippen LogP contribution in [0.3, 0.4) is 0 Å². The Morgan fingerprint density at radius 3 is 2.67 bits per heavy atom. The molecule has 1 aromatic heterocycles. The minimum atomic E-state index is -1.93. The summed E-state index contributed by atoms with van der Waals surface area (Å²) in [4.78, 5) is 12.8. The van der Waals surface area contributed by atoms with Crippen LogP contribution in [0.15, 0.2) is 11.0 Å². The summed E-state index contributed by atoms with van der Waals surface area (Å²) in [5, 5.41) is 0.163. The molecule has 0 saturated carbocycles. The SMILES string of the molecule is CCCCCn1c2[n+](cc(C)c1=O)[C@H]1C[C@@H](O2)[C@@H](CO[Si](C)(C)C(C)(C)C(C)C)O1. The van der Waals surface area contributed by atoms with Crippen LogP contribution in [0.1, 0.15) is 72.1 Å². The predicted octanol–water partition coefficient (Wildman–Crippen LogP) is 4.34. The molecule has 0 aromatic carbocycles. The minimum absolute atomic E-state index is 0.0404. The number of rotatable bonds is 9. The van der Waals surface area contributed by atoms with Crippen LogP contribution < -0.4 is 14.9 Å². The molecule has 6 nitrogen and oxygen atoms in total. The van der Waals surface area contributed by atoms with Gasteiger partial charge in [0, 0.05) is 0 Å². The van der Waals surface area contributed by atoms with Crippen molar-refractivity contribution in [1.82, 2.24) is 4.57 Å². The average Bonchev–Trinajstić information content (AvgIpc) is 3.01. The Hall–Kier alpha value is -1.18. The summed E-state index contributed by atoms with van der Waals surface area (Å²) in [5.74, 6) is 0.555. The molecule has 3 rings (SSSR count). The maximum Gasteiger partial charge on any atom is 0.461 e. The highest BCUT2D eigenvalue weighted by Crippen LogP contribution is 2.45. The molecule has 170 valence electrons. The predicted molar refractivity (Wildman–Crippen MR) is 120 cm³/mol. The van der Waals surface area contributed by atoms with E-state index in [9.17, 15) is 4.79 Å². The zero-order valence-corrected chi connectivity index (χ0v) is 21.2. The molecule has 30 heavy (non-hydrogen) atoms. The lowest BCUT2D eigenvalue weighted by molar-refractivity contribution is -0.770. The molecule has 0 amide bonds. The Labute approximate surface area is 182 Å². The second kappa shape index (κ2) is 8.75. The number of fused-ring (bicyclic) bond motifs is 4. The second-order valence-electron chi connectivity index (χ2n) is 10.4. The first kappa shape index (κ1) is 23.5. The van der Waals surface area contributed by atoms with Crippen molar-refractivity contribution in [3.8, 4) is 6.01 Å². The summed E-state index contributed by atoms with van der Waals surface area (Å²) in [6.07, 6.45) is 5.62. The number of aromatic nitrogens is 2. The second-order valence-corrected chi connectivity index (χ2v) is 15.0. The van der Waals surface area contributed by atoms with Crippen molar-refractivity contribution in [1.29, 1.82) is 0 Å². The molecule has 2 bridgehead atoms. The van der Waals surface area contributed by atoms with Crippen LogP contribution in [0.25, 0.3) is 0 Å². The Bertz CT molecular complexity index is 818. The third-order valence-corrected chi connectivity index (χ3v) is 12.3. The molecule has 0 aliphatic carbocycles. The zero-order valence-electron chi connectivity index (χ0n) is 20.2. The monoisotopic (exact) mass is 437 g/mol. The van der Waals surface area contributed by atoms with Gasteiger partial charge in [0.05, 0.1) is 25.1 Å². The van der Waals surface area contributed by atoms with E-state index in [0.717, 1.165) is 31.2 Å². The van der Waals surface area contributed by atoms with Crippen molar-refractivity contribution in [3.05, 3.63) is 22.1 Å². The van der Waals surface area contributed by atoms with Gasteiger partial charge in [0.25, 0.3) is 0 Å². The van der Waals surface area contributed by atoms with E-state index in [-0.39, 0.29) is 29.0 Å². The summed E-state index contributed by atoms with van der Waals surface area (Å²) in [6, 6.07) is 0.643. The molecule has 1 fully saturated rings. The molecule has 2 aliphatic heterocycles. The number of nitrogens with zero attached hydrogens (tertiary/aromatic N) is 2. The van der Waals surface area contributed by atoms with Crippen LogP contribution >= 0.6 is 0 Å². The fourth-order valence-corrected chi connectivity index (χ4v) is 6.60. The Kier molecular flexibility index (Phi) is 6.85. The topological polar surface area (TPSA) is 53.6 Å². The largest absolute Gasteiger partial charge is 0.461 e. The quantitative estimate of drug-likeness (QED) is 0.328. The van der Waals surface area contributed by atoms with Gasteiger partial charge in [0.2, 0.25) is 6.23 Å². The van der Waals surface area contributed by atoms with Gasteiger partial charge in [-0.1, -0.05) is 41.0 Å². The summed E-state index contributed by atoms with van der Waals surface area (Å²) >= 11 is 0. The summed E-state index contributed by atoms with van der Waals surface area (Å²) in [7, 11) is -1.93. The lowest BCUT2D eigenvalue weighted by Gasteiger charge is -2.43. The fourth-order valence-electron chi connectivity index (χ4n) is 4.26. The molecule has 3 atom stereocenters.